The van der Waals surface area contributed by atoms with Crippen molar-refractivity contribution >= 4 is 17.8 Å². The lowest BCUT2D eigenvalue weighted by Gasteiger charge is -2.24. The maximum Gasteiger partial charge on any atom is 0.145 e. The van der Waals surface area contributed by atoms with E-state index in [0.717, 1.165) is 21.6 Å². The molecule has 0 heterocycles. The number of ether oxygens (including phenoxy) is 1. The third kappa shape index (κ3) is 5.31. The van der Waals surface area contributed by atoms with E-state index in [9.17, 15) is 4.57 Å². The first kappa shape index (κ1) is 17.9. The van der Waals surface area contributed by atoms with E-state index >= 15 is 0 Å². The van der Waals surface area contributed by atoms with Crippen molar-refractivity contribution < 1.29 is 13.8 Å². The number of hydrogen-bond donors (Lipinski definition) is 0. The molecule has 0 atom stereocenters. The van der Waals surface area contributed by atoms with Crippen molar-refractivity contribution in [2.24, 2.45) is 0 Å². The van der Waals surface area contributed by atoms with Gasteiger partial charge < -0.3 is 13.8 Å². The molecule has 0 saturated heterocycles. The molecule has 2 aromatic carbocycles. The predicted molar refractivity (Wildman–Crippen MR) is 98.3 cm³/mol. The molecule has 0 saturated carbocycles. The molecule has 124 valence electrons. The summed E-state index contributed by atoms with van der Waals surface area (Å²) in [6, 6.07) is 19.5. The molecule has 0 aliphatic rings. The Morgan fingerprint density at radius 3 is 1.74 bits per heavy atom. The van der Waals surface area contributed by atoms with E-state index in [-0.39, 0.29) is 0 Å². The molecule has 0 amide bonds. The van der Waals surface area contributed by atoms with E-state index in [2.05, 4.69) is 21.1 Å². The van der Waals surface area contributed by atoms with Crippen LogP contribution in [0.25, 0.3) is 0 Å². The van der Waals surface area contributed by atoms with E-state index in [4.69, 9.17) is 4.74 Å². The van der Waals surface area contributed by atoms with Crippen molar-refractivity contribution in [3.8, 4) is 0 Å². The fraction of sp³-hybridized carbons (Fsp3) is 0.368. The molecule has 0 radical (unpaired) electrons. The molecule has 0 bridgehead atoms. The minimum Gasteiger partial charge on any atom is -0.375 e. The van der Waals surface area contributed by atoms with E-state index in [1.54, 1.807) is 0 Å². The lowest BCUT2D eigenvalue weighted by molar-refractivity contribution is -0.870. The highest BCUT2D eigenvalue weighted by atomic mass is 31.2. The van der Waals surface area contributed by atoms with Gasteiger partial charge in [0.25, 0.3) is 0 Å². The molecule has 2 aromatic rings. The van der Waals surface area contributed by atoms with Gasteiger partial charge in [0.05, 0.1) is 34.4 Å². The fourth-order valence-electron chi connectivity index (χ4n) is 2.38. The van der Waals surface area contributed by atoms with Crippen LogP contribution in [0.3, 0.4) is 0 Å². The molecule has 0 unspecified atom stereocenters. The molecule has 4 heteroatoms. The zero-order chi connectivity index (χ0) is 16.8. The average molecular weight is 332 g/mol. The maximum atomic E-state index is 13.7. The van der Waals surface area contributed by atoms with Crippen LogP contribution >= 0.6 is 7.14 Å². The molecular formula is C19H27NO2P+. The van der Waals surface area contributed by atoms with Crippen molar-refractivity contribution in [1.29, 1.82) is 0 Å². The summed E-state index contributed by atoms with van der Waals surface area (Å²) in [7, 11) is 3.79. The first-order valence-corrected chi connectivity index (χ1v) is 9.89. The largest absolute Gasteiger partial charge is 0.375 e. The molecule has 3 nitrogen and oxygen atoms in total. The van der Waals surface area contributed by atoms with Crippen molar-refractivity contribution in [2.75, 3.05) is 47.1 Å². The summed E-state index contributed by atoms with van der Waals surface area (Å²) < 4.78 is 20.3. The number of benzene rings is 2. The van der Waals surface area contributed by atoms with Gasteiger partial charge in [0.1, 0.15) is 13.7 Å². The Labute approximate surface area is 139 Å². The first-order chi connectivity index (χ1) is 10.9. The van der Waals surface area contributed by atoms with E-state index in [1.807, 2.05) is 60.7 Å². The van der Waals surface area contributed by atoms with Crippen molar-refractivity contribution in [2.45, 2.75) is 0 Å². The van der Waals surface area contributed by atoms with Gasteiger partial charge in [0.15, 0.2) is 0 Å². The monoisotopic (exact) mass is 332 g/mol. The van der Waals surface area contributed by atoms with Crippen LogP contribution in [-0.4, -0.2) is 51.5 Å². The second-order valence-electron chi connectivity index (χ2n) is 6.76. The lowest BCUT2D eigenvalue weighted by Crippen LogP contribution is -2.37. The topological polar surface area (TPSA) is 26.3 Å². The van der Waals surface area contributed by atoms with Crippen LogP contribution in [0.1, 0.15) is 0 Å². The SMILES string of the molecule is C[N+](C)(C)CCOCCP(=O)(c1ccccc1)c1ccccc1. The average Bonchev–Trinajstić information content (AvgIpc) is 2.55. The number of nitrogens with zero attached hydrogens (tertiary/aromatic N) is 1. The number of rotatable bonds is 8. The zero-order valence-corrected chi connectivity index (χ0v) is 15.2. The van der Waals surface area contributed by atoms with Crippen molar-refractivity contribution in [1.82, 2.24) is 0 Å². The van der Waals surface area contributed by atoms with Crippen LogP contribution in [0.2, 0.25) is 0 Å². The molecule has 23 heavy (non-hydrogen) atoms. The summed E-state index contributed by atoms with van der Waals surface area (Å²) in [5, 5.41) is 1.81. The Morgan fingerprint density at radius 2 is 1.30 bits per heavy atom. The molecular weight excluding hydrogens is 305 g/mol. The number of quaternary nitrogens is 1. The molecule has 0 N–H and O–H groups in total. The highest BCUT2D eigenvalue weighted by Gasteiger charge is 2.26. The second-order valence-corrected chi connectivity index (χ2v) is 9.72. The van der Waals surface area contributed by atoms with Gasteiger partial charge in [-0.3, -0.25) is 0 Å². The molecule has 0 spiro atoms. The fourth-order valence-corrected chi connectivity index (χ4v) is 4.89. The van der Waals surface area contributed by atoms with Gasteiger partial charge in [-0.15, -0.1) is 0 Å². The summed E-state index contributed by atoms with van der Waals surface area (Å²) in [6.45, 7) is 2.15. The third-order valence-electron chi connectivity index (χ3n) is 3.80. The van der Waals surface area contributed by atoms with Crippen LogP contribution in [-0.2, 0) is 9.30 Å². The lowest BCUT2D eigenvalue weighted by atomic mass is 10.4. The normalized spacial score (nSPS) is 12.3. The third-order valence-corrected chi connectivity index (χ3v) is 6.88. The molecule has 0 aliphatic carbocycles. The standard InChI is InChI=1S/C19H27NO2P/c1-20(2,3)14-15-22-16-17-23(21,18-10-6-4-7-11-18)19-12-8-5-9-13-19/h4-13H,14-17H2,1-3H3/q+1. The van der Waals surface area contributed by atoms with Gasteiger partial charge in [0.2, 0.25) is 0 Å². The number of hydrogen-bond acceptors (Lipinski definition) is 2. The van der Waals surface area contributed by atoms with Gasteiger partial charge in [-0.2, -0.15) is 0 Å². The van der Waals surface area contributed by atoms with Crippen LogP contribution in [0.15, 0.2) is 60.7 Å². The van der Waals surface area contributed by atoms with Crippen molar-refractivity contribution in [3.63, 3.8) is 0 Å². The highest BCUT2D eigenvalue weighted by Crippen LogP contribution is 2.42. The van der Waals surface area contributed by atoms with E-state index < -0.39 is 7.14 Å². The van der Waals surface area contributed by atoms with Gasteiger partial charge in [-0.1, -0.05) is 60.7 Å². The molecule has 0 fully saturated rings. The quantitative estimate of drug-likeness (QED) is 0.422. The predicted octanol–water partition coefficient (Wildman–Crippen LogP) is 2.72. The summed E-state index contributed by atoms with van der Waals surface area (Å²) in [5.41, 5.74) is 0. The Hall–Kier alpha value is -1.41. The summed E-state index contributed by atoms with van der Waals surface area (Å²) in [4.78, 5) is 0. The smallest absolute Gasteiger partial charge is 0.145 e. The molecule has 2 rings (SSSR count). The van der Waals surface area contributed by atoms with Crippen LogP contribution in [0.5, 0.6) is 0 Å². The Morgan fingerprint density at radius 1 is 0.826 bits per heavy atom. The summed E-state index contributed by atoms with van der Waals surface area (Å²) in [5.74, 6) is 0. The molecule has 0 aliphatic heterocycles. The van der Waals surface area contributed by atoms with Gasteiger partial charge in [-0.25, -0.2) is 0 Å². The van der Waals surface area contributed by atoms with E-state index in [1.165, 1.54) is 0 Å². The Balaban J connectivity index is 2.09. The summed E-state index contributed by atoms with van der Waals surface area (Å²) in [6.07, 6.45) is 0.540. The first-order valence-electron chi connectivity index (χ1n) is 8.00. The van der Waals surface area contributed by atoms with Gasteiger partial charge in [0, 0.05) is 16.8 Å². The Kier molecular flexibility index (Phi) is 6.17. The van der Waals surface area contributed by atoms with Crippen LogP contribution < -0.4 is 10.6 Å². The minimum atomic E-state index is -2.64. The minimum absolute atomic E-state index is 0.515. The Bertz CT molecular complexity index is 592. The molecule has 0 aromatic heterocycles. The highest BCUT2D eigenvalue weighted by molar-refractivity contribution is 7.78. The van der Waals surface area contributed by atoms with Crippen LogP contribution in [0.4, 0.5) is 0 Å². The van der Waals surface area contributed by atoms with E-state index in [0.29, 0.717) is 19.4 Å². The van der Waals surface area contributed by atoms with Crippen molar-refractivity contribution in [3.05, 3.63) is 60.7 Å². The van der Waals surface area contributed by atoms with Crippen LogP contribution in [0, 0.1) is 0 Å². The maximum absolute atomic E-state index is 13.7. The van der Waals surface area contributed by atoms with Gasteiger partial charge in [-0.05, 0) is 0 Å². The number of likely N-dealkylation sites (N-methyl/N-ethyl adjacent to an activating group) is 1. The van der Waals surface area contributed by atoms with Gasteiger partial charge >= 0.3 is 0 Å². The zero-order valence-electron chi connectivity index (χ0n) is 14.3. The summed E-state index contributed by atoms with van der Waals surface area (Å²) >= 11 is 0. The second kappa shape index (κ2) is 7.92.